The third-order valence-corrected chi connectivity index (χ3v) is 3.04. The second-order valence-electron chi connectivity index (χ2n) is 4.05. The van der Waals surface area contributed by atoms with Gasteiger partial charge in [-0.15, -0.1) is 13.2 Å². The minimum Gasteiger partial charge on any atom is -0.453 e. The second kappa shape index (κ2) is 6.36. The first-order chi connectivity index (χ1) is 9.89. The molecule has 2 N–H and O–H groups in total. The predicted molar refractivity (Wildman–Crippen MR) is 75.2 cm³/mol. The maximum atomic E-state index is 12.4. The highest BCUT2D eigenvalue weighted by Crippen LogP contribution is 2.36. The van der Waals surface area contributed by atoms with Crippen molar-refractivity contribution in [3.63, 3.8) is 0 Å². The number of benzene rings is 2. The second-order valence-corrected chi connectivity index (χ2v) is 4.97. The maximum absolute atomic E-state index is 12.4. The molecule has 0 aliphatic heterocycles. The molecule has 0 unspecified atom stereocenters. The first-order valence-corrected chi connectivity index (χ1v) is 6.69. The van der Waals surface area contributed by atoms with Gasteiger partial charge in [-0.25, -0.2) is 0 Å². The summed E-state index contributed by atoms with van der Waals surface area (Å²) >= 11 is 3.27. The molecule has 21 heavy (non-hydrogen) atoms. The minimum atomic E-state index is -4.78. The van der Waals surface area contributed by atoms with Gasteiger partial charge in [0, 0.05) is 16.6 Å². The first-order valence-electron chi connectivity index (χ1n) is 5.90. The molecule has 0 heterocycles. The van der Waals surface area contributed by atoms with Crippen LogP contribution in [0.4, 0.5) is 13.2 Å². The SMILES string of the molecule is NCc1ccc(Br)cc1Oc1ccccc1OC(F)(F)F. The molecule has 0 fully saturated rings. The van der Waals surface area contributed by atoms with Crippen molar-refractivity contribution in [2.75, 3.05) is 0 Å². The van der Waals surface area contributed by atoms with Crippen molar-refractivity contribution in [3.05, 3.63) is 52.5 Å². The van der Waals surface area contributed by atoms with E-state index in [4.69, 9.17) is 10.5 Å². The van der Waals surface area contributed by atoms with E-state index in [0.717, 1.165) is 4.47 Å². The Kier molecular flexibility index (Phi) is 4.74. The summed E-state index contributed by atoms with van der Waals surface area (Å²) in [5.74, 6) is -0.0827. The summed E-state index contributed by atoms with van der Waals surface area (Å²) in [5, 5.41) is 0. The molecular weight excluding hydrogens is 351 g/mol. The number of hydrogen-bond acceptors (Lipinski definition) is 3. The molecule has 2 aromatic carbocycles. The summed E-state index contributed by atoms with van der Waals surface area (Å²) in [5.41, 5.74) is 6.25. The van der Waals surface area contributed by atoms with Gasteiger partial charge in [-0.2, -0.15) is 0 Å². The molecule has 0 bridgehead atoms. The van der Waals surface area contributed by atoms with Gasteiger partial charge in [0.25, 0.3) is 0 Å². The minimum absolute atomic E-state index is 0.0392. The summed E-state index contributed by atoms with van der Waals surface area (Å²) < 4.78 is 47.3. The smallest absolute Gasteiger partial charge is 0.453 e. The molecule has 3 nitrogen and oxygen atoms in total. The molecule has 7 heteroatoms. The van der Waals surface area contributed by atoms with Gasteiger partial charge in [-0.3, -0.25) is 0 Å². The highest BCUT2D eigenvalue weighted by atomic mass is 79.9. The van der Waals surface area contributed by atoms with Crippen molar-refractivity contribution in [1.29, 1.82) is 0 Å². The lowest BCUT2D eigenvalue weighted by Crippen LogP contribution is -2.17. The van der Waals surface area contributed by atoms with Crippen molar-refractivity contribution in [1.82, 2.24) is 0 Å². The Hall–Kier alpha value is -1.73. The van der Waals surface area contributed by atoms with Crippen LogP contribution in [-0.4, -0.2) is 6.36 Å². The van der Waals surface area contributed by atoms with Crippen LogP contribution in [0.3, 0.4) is 0 Å². The first kappa shape index (κ1) is 15.7. The van der Waals surface area contributed by atoms with E-state index in [-0.39, 0.29) is 12.3 Å². The van der Waals surface area contributed by atoms with E-state index in [1.807, 2.05) is 0 Å². The quantitative estimate of drug-likeness (QED) is 0.865. The van der Waals surface area contributed by atoms with Crippen LogP contribution in [0.1, 0.15) is 5.56 Å². The average molecular weight is 362 g/mol. The third-order valence-electron chi connectivity index (χ3n) is 2.54. The summed E-state index contributed by atoms with van der Waals surface area (Å²) in [6.07, 6.45) is -4.78. The van der Waals surface area contributed by atoms with Crippen LogP contribution < -0.4 is 15.2 Å². The van der Waals surface area contributed by atoms with E-state index in [1.165, 1.54) is 18.2 Å². The molecule has 0 saturated carbocycles. The fourth-order valence-electron chi connectivity index (χ4n) is 1.65. The number of rotatable bonds is 4. The lowest BCUT2D eigenvalue weighted by atomic mass is 10.2. The molecule has 0 aliphatic rings. The lowest BCUT2D eigenvalue weighted by Gasteiger charge is -2.15. The fourth-order valence-corrected chi connectivity index (χ4v) is 1.99. The summed E-state index contributed by atoms with van der Waals surface area (Å²) in [6.45, 7) is 0.199. The largest absolute Gasteiger partial charge is 0.573 e. The van der Waals surface area contributed by atoms with Gasteiger partial charge in [0.05, 0.1) is 0 Å². The number of halogens is 4. The van der Waals surface area contributed by atoms with E-state index < -0.39 is 12.1 Å². The summed E-state index contributed by atoms with van der Waals surface area (Å²) in [6, 6.07) is 10.7. The van der Waals surface area contributed by atoms with Gasteiger partial charge in [-0.1, -0.05) is 34.1 Å². The van der Waals surface area contributed by atoms with Gasteiger partial charge in [0.1, 0.15) is 5.75 Å². The van der Waals surface area contributed by atoms with Crippen LogP contribution in [0.5, 0.6) is 17.2 Å². The van der Waals surface area contributed by atoms with Crippen LogP contribution in [0.25, 0.3) is 0 Å². The number of hydrogen-bond donors (Lipinski definition) is 1. The van der Waals surface area contributed by atoms with Crippen LogP contribution in [0.2, 0.25) is 0 Å². The Labute approximate surface area is 127 Å². The summed E-state index contributed by atoms with van der Waals surface area (Å²) in [7, 11) is 0. The van der Waals surface area contributed by atoms with Crippen molar-refractivity contribution < 1.29 is 22.6 Å². The van der Waals surface area contributed by atoms with Crippen LogP contribution in [0, 0.1) is 0 Å². The van der Waals surface area contributed by atoms with E-state index in [1.54, 1.807) is 24.3 Å². The van der Waals surface area contributed by atoms with E-state index >= 15 is 0 Å². The van der Waals surface area contributed by atoms with Crippen molar-refractivity contribution in [2.45, 2.75) is 12.9 Å². The van der Waals surface area contributed by atoms with E-state index in [2.05, 4.69) is 20.7 Å². The predicted octanol–water partition coefficient (Wildman–Crippen LogP) is 4.60. The van der Waals surface area contributed by atoms with Gasteiger partial charge in [-0.05, 0) is 24.3 Å². The van der Waals surface area contributed by atoms with E-state index in [9.17, 15) is 13.2 Å². The highest BCUT2D eigenvalue weighted by Gasteiger charge is 2.32. The third kappa shape index (κ3) is 4.37. The molecule has 0 atom stereocenters. The normalized spacial score (nSPS) is 11.3. The molecule has 112 valence electrons. The Balaban J connectivity index is 2.34. The van der Waals surface area contributed by atoms with Gasteiger partial charge < -0.3 is 15.2 Å². The molecule has 0 spiro atoms. The Morgan fingerprint density at radius 1 is 1.00 bits per heavy atom. The molecule has 2 aromatic rings. The highest BCUT2D eigenvalue weighted by molar-refractivity contribution is 9.10. The molecule has 2 rings (SSSR count). The van der Waals surface area contributed by atoms with Crippen LogP contribution in [0.15, 0.2) is 46.9 Å². The molecule has 0 aliphatic carbocycles. The van der Waals surface area contributed by atoms with Gasteiger partial charge in [0.15, 0.2) is 11.5 Å². The lowest BCUT2D eigenvalue weighted by molar-refractivity contribution is -0.275. The average Bonchev–Trinajstić information content (AvgIpc) is 2.40. The van der Waals surface area contributed by atoms with Gasteiger partial charge in [0.2, 0.25) is 0 Å². The molecule has 0 amide bonds. The number of alkyl halides is 3. The molecular formula is C14H11BrF3NO2. The fraction of sp³-hybridized carbons (Fsp3) is 0.143. The number of ether oxygens (including phenoxy) is 2. The maximum Gasteiger partial charge on any atom is 0.573 e. The molecule has 0 saturated heterocycles. The monoisotopic (exact) mass is 361 g/mol. The summed E-state index contributed by atoms with van der Waals surface area (Å²) in [4.78, 5) is 0. The van der Waals surface area contributed by atoms with E-state index in [0.29, 0.717) is 11.3 Å². The Bertz CT molecular complexity index is 632. The zero-order valence-corrected chi connectivity index (χ0v) is 12.2. The van der Waals surface area contributed by atoms with Crippen molar-refractivity contribution in [3.8, 4) is 17.2 Å². The van der Waals surface area contributed by atoms with Crippen molar-refractivity contribution >= 4 is 15.9 Å². The topological polar surface area (TPSA) is 44.5 Å². The number of para-hydroxylation sites is 2. The Morgan fingerprint density at radius 2 is 1.67 bits per heavy atom. The van der Waals surface area contributed by atoms with Gasteiger partial charge >= 0.3 is 6.36 Å². The zero-order valence-electron chi connectivity index (χ0n) is 10.7. The standard InChI is InChI=1S/C14H11BrF3NO2/c15-10-6-5-9(8-19)13(7-10)20-11-3-1-2-4-12(11)21-14(16,17)18/h1-7H,8,19H2. The Morgan fingerprint density at radius 3 is 2.29 bits per heavy atom. The van der Waals surface area contributed by atoms with Crippen LogP contribution in [-0.2, 0) is 6.54 Å². The van der Waals surface area contributed by atoms with Crippen molar-refractivity contribution in [2.24, 2.45) is 5.73 Å². The molecule has 0 aromatic heterocycles. The van der Waals surface area contributed by atoms with Crippen LogP contribution >= 0.6 is 15.9 Å². The number of nitrogens with two attached hydrogens (primary N) is 1. The molecule has 0 radical (unpaired) electrons. The zero-order chi connectivity index (χ0) is 15.5.